The standard InChI is InChI=1S/C11H16N2O4/c1-11(2,7-14)12-8(15)5-6-13-9(16)3-4-10(13)17/h3-4,14H,5-7H2,1-2H3,(H,12,15). The van der Waals surface area contributed by atoms with Crippen LogP contribution >= 0.6 is 0 Å². The Labute approximate surface area is 99.3 Å². The highest BCUT2D eigenvalue weighted by molar-refractivity contribution is 6.13. The Bertz CT molecular complexity index is 356. The van der Waals surface area contributed by atoms with Gasteiger partial charge in [-0.3, -0.25) is 19.3 Å². The van der Waals surface area contributed by atoms with Gasteiger partial charge in [0.15, 0.2) is 0 Å². The molecule has 1 aliphatic heterocycles. The van der Waals surface area contributed by atoms with Crippen molar-refractivity contribution >= 4 is 17.7 Å². The first-order chi connectivity index (χ1) is 7.85. The van der Waals surface area contributed by atoms with Crippen LogP contribution in [0.1, 0.15) is 20.3 Å². The smallest absolute Gasteiger partial charge is 0.253 e. The van der Waals surface area contributed by atoms with E-state index in [1.807, 2.05) is 0 Å². The van der Waals surface area contributed by atoms with E-state index in [1.54, 1.807) is 13.8 Å². The number of rotatable bonds is 5. The summed E-state index contributed by atoms with van der Waals surface area (Å²) >= 11 is 0. The predicted octanol–water partition coefficient (Wildman–Crippen LogP) is -0.811. The van der Waals surface area contributed by atoms with Gasteiger partial charge in [0.2, 0.25) is 5.91 Å². The molecule has 0 aromatic heterocycles. The first kappa shape index (κ1) is 13.4. The Morgan fingerprint density at radius 2 is 1.88 bits per heavy atom. The molecule has 2 N–H and O–H groups in total. The summed E-state index contributed by atoms with van der Waals surface area (Å²) < 4.78 is 0. The van der Waals surface area contributed by atoms with Crippen molar-refractivity contribution < 1.29 is 19.5 Å². The Hall–Kier alpha value is -1.69. The molecule has 0 spiro atoms. The van der Waals surface area contributed by atoms with Gasteiger partial charge in [0.25, 0.3) is 11.8 Å². The minimum Gasteiger partial charge on any atom is -0.394 e. The van der Waals surface area contributed by atoms with Gasteiger partial charge in [-0.25, -0.2) is 0 Å². The van der Waals surface area contributed by atoms with E-state index < -0.39 is 17.4 Å². The summed E-state index contributed by atoms with van der Waals surface area (Å²) in [4.78, 5) is 34.9. The molecule has 94 valence electrons. The van der Waals surface area contributed by atoms with Crippen LogP contribution in [0.5, 0.6) is 0 Å². The molecule has 6 heteroatoms. The largest absolute Gasteiger partial charge is 0.394 e. The molecule has 0 radical (unpaired) electrons. The first-order valence-corrected chi connectivity index (χ1v) is 5.31. The third-order valence-corrected chi connectivity index (χ3v) is 2.34. The second kappa shape index (κ2) is 5.09. The fraction of sp³-hybridized carbons (Fsp3) is 0.545. The van der Waals surface area contributed by atoms with E-state index in [-0.39, 0.29) is 25.5 Å². The Morgan fingerprint density at radius 1 is 1.35 bits per heavy atom. The molecule has 0 saturated carbocycles. The van der Waals surface area contributed by atoms with Crippen molar-refractivity contribution in [3.63, 3.8) is 0 Å². The maximum atomic E-state index is 11.5. The second-order valence-electron chi connectivity index (χ2n) is 4.50. The maximum absolute atomic E-state index is 11.5. The minimum atomic E-state index is -0.700. The Balaban J connectivity index is 2.39. The lowest BCUT2D eigenvalue weighted by Crippen LogP contribution is -2.47. The molecular weight excluding hydrogens is 224 g/mol. The van der Waals surface area contributed by atoms with Crippen LogP contribution in [0.25, 0.3) is 0 Å². The van der Waals surface area contributed by atoms with E-state index in [0.29, 0.717) is 0 Å². The highest BCUT2D eigenvalue weighted by Crippen LogP contribution is 2.05. The summed E-state index contributed by atoms with van der Waals surface area (Å²) in [6.07, 6.45) is 2.39. The molecule has 0 aliphatic carbocycles. The van der Waals surface area contributed by atoms with E-state index in [9.17, 15) is 14.4 Å². The van der Waals surface area contributed by atoms with Crippen molar-refractivity contribution in [1.82, 2.24) is 10.2 Å². The van der Waals surface area contributed by atoms with Gasteiger partial charge in [0.1, 0.15) is 0 Å². The number of carbonyl (C=O) groups is 3. The van der Waals surface area contributed by atoms with Gasteiger partial charge in [-0.15, -0.1) is 0 Å². The lowest BCUT2D eigenvalue weighted by Gasteiger charge is -2.24. The van der Waals surface area contributed by atoms with Gasteiger partial charge in [-0.1, -0.05) is 0 Å². The number of aliphatic hydroxyl groups excluding tert-OH is 1. The van der Waals surface area contributed by atoms with Crippen molar-refractivity contribution in [2.75, 3.05) is 13.2 Å². The average molecular weight is 240 g/mol. The van der Waals surface area contributed by atoms with Crippen LogP contribution in [0.15, 0.2) is 12.2 Å². The SMILES string of the molecule is CC(C)(CO)NC(=O)CCN1C(=O)C=CC1=O. The molecule has 1 heterocycles. The van der Waals surface area contributed by atoms with Crippen molar-refractivity contribution in [2.45, 2.75) is 25.8 Å². The molecule has 17 heavy (non-hydrogen) atoms. The monoisotopic (exact) mass is 240 g/mol. The topological polar surface area (TPSA) is 86.7 Å². The molecule has 1 rings (SSSR count). The lowest BCUT2D eigenvalue weighted by atomic mass is 10.1. The number of nitrogens with zero attached hydrogens (tertiary/aromatic N) is 1. The molecule has 0 bridgehead atoms. The summed E-state index contributed by atoms with van der Waals surface area (Å²) in [6.45, 7) is 3.23. The fourth-order valence-corrected chi connectivity index (χ4v) is 1.34. The summed E-state index contributed by atoms with van der Waals surface area (Å²) in [6, 6.07) is 0. The molecule has 0 fully saturated rings. The highest BCUT2D eigenvalue weighted by atomic mass is 16.3. The van der Waals surface area contributed by atoms with Gasteiger partial charge in [0.05, 0.1) is 12.1 Å². The van der Waals surface area contributed by atoms with Crippen LogP contribution in [0.3, 0.4) is 0 Å². The average Bonchev–Trinajstić information content (AvgIpc) is 2.55. The molecule has 1 aliphatic rings. The first-order valence-electron chi connectivity index (χ1n) is 5.31. The molecule has 0 saturated heterocycles. The van der Waals surface area contributed by atoms with Crippen LogP contribution < -0.4 is 5.32 Å². The van der Waals surface area contributed by atoms with Crippen LogP contribution in [0, 0.1) is 0 Å². The highest BCUT2D eigenvalue weighted by Gasteiger charge is 2.25. The van der Waals surface area contributed by atoms with Gasteiger partial charge in [-0.2, -0.15) is 0 Å². The van der Waals surface area contributed by atoms with E-state index >= 15 is 0 Å². The zero-order valence-electron chi connectivity index (χ0n) is 9.90. The molecule has 0 aromatic carbocycles. The van der Waals surface area contributed by atoms with Crippen LogP contribution in [-0.4, -0.2) is 46.4 Å². The van der Waals surface area contributed by atoms with Crippen molar-refractivity contribution in [1.29, 1.82) is 0 Å². The molecule has 0 unspecified atom stereocenters. The quantitative estimate of drug-likeness (QED) is 0.615. The molecule has 0 aromatic rings. The predicted molar refractivity (Wildman–Crippen MR) is 59.8 cm³/mol. The van der Waals surface area contributed by atoms with Crippen molar-refractivity contribution in [2.24, 2.45) is 0 Å². The van der Waals surface area contributed by atoms with Crippen molar-refractivity contribution in [3.8, 4) is 0 Å². The molecule has 3 amide bonds. The van der Waals surface area contributed by atoms with Gasteiger partial charge < -0.3 is 10.4 Å². The van der Waals surface area contributed by atoms with Gasteiger partial charge in [0, 0.05) is 25.1 Å². The van der Waals surface area contributed by atoms with E-state index in [4.69, 9.17) is 5.11 Å². The fourth-order valence-electron chi connectivity index (χ4n) is 1.34. The number of hydrogen-bond donors (Lipinski definition) is 2. The Morgan fingerprint density at radius 3 is 2.35 bits per heavy atom. The summed E-state index contributed by atoms with van der Waals surface area (Å²) in [5.74, 6) is -1.11. The maximum Gasteiger partial charge on any atom is 0.253 e. The number of hydrogen-bond acceptors (Lipinski definition) is 4. The summed E-state index contributed by atoms with van der Waals surface area (Å²) in [5, 5.41) is 11.6. The normalized spacial score (nSPS) is 15.6. The van der Waals surface area contributed by atoms with E-state index in [2.05, 4.69) is 5.32 Å². The molecule has 6 nitrogen and oxygen atoms in total. The zero-order chi connectivity index (χ0) is 13.1. The van der Waals surface area contributed by atoms with Crippen LogP contribution in [-0.2, 0) is 14.4 Å². The third-order valence-electron chi connectivity index (χ3n) is 2.34. The Kier molecular flexibility index (Phi) is 4.01. The third kappa shape index (κ3) is 3.67. The minimum absolute atomic E-state index is 0.0303. The second-order valence-corrected chi connectivity index (χ2v) is 4.50. The number of amides is 3. The van der Waals surface area contributed by atoms with Gasteiger partial charge >= 0.3 is 0 Å². The van der Waals surface area contributed by atoms with E-state index in [0.717, 1.165) is 4.90 Å². The zero-order valence-corrected chi connectivity index (χ0v) is 9.90. The number of imide groups is 1. The van der Waals surface area contributed by atoms with E-state index in [1.165, 1.54) is 12.2 Å². The number of nitrogens with one attached hydrogen (secondary N) is 1. The molecular formula is C11H16N2O4. The lowest BCUT2D eigenvalue weighted by molar-refractivity contribution is -0.137. The van der Waals surface area contributed by atoms with Crippen LogP contribution in [0.2, 0.25) is 0 Å². The number of carbonyl (C=O) groups excluding carboxylic acids is 3. The van der Waals surface area contributed by atoms with Gasteiger partial charge in [-0.05, 0) is 13.8 Å². The summed E-state index contributed by atoms with van der Waals surface area (Å²) in [7, 11) is 0. The number of aliphatic hydroxyl groups is 1. The van der Waals surface area contributed by atoms with Crippen molar-refractivity contribution in [3.05, 3.63) is 12.2 Å². The summed E-state index contributed by atoms with van der Waals surface area (Å²) in [5.41, 5.74) is -0.700. The molecule has 0 atom stereocenters. The van der Waals surface area contributed by atoms with Crippen LogP contribution in [0.4, 0.5) is 0 Å².